The molecule has 0 saturated carbocycles. The maximum atomic E-state index is 14.0. The largest absolute Gasteiger partial charge is 0.497 e. The van der Waals surface area contributed by atoms with Gasteiger partial charge in [-0.1, -0.05) is 23.5 Å². The number of benzene rings is 2. The summed E-state index contributed by atoms with van der Waals surface area (Å²) < 4.78 is 48.5. The van der Waals surface area contributed by atoms with Crippen LogP contribution in [-0.4, -0.2) is 44.7 Å². The van der Waals surface area contributed by atoms with Crippen molar-refractivity contribution < 1.29 is 23.0 Å². The van der Waals surface area contributed by atoms with Crippen LogP contribution in [0.4, 0.5) is 18.3 Å². The summed E-state index contributed by atoms with van der Waals surface area (Å²) in [4.78, 5) is 8.44. The van der Waals surface area contributed by atoms with Crippen LogP contribution < -0.4 is 20.6 Å². The average Bonchev–Trinajstić information content (AvgIpc) is 3.63. The Morgan fingerprint density at radius 3 is 2.81 bits per heavy atom. The van der Waals surface area contributed by atoms with E-state index in [2.05, 4.69) is 30.6 Å². The quantitative estimate of drug-likeness (QED) is 0.365. The lowest BCUT2D eigenvalue weighted by Crippen LogP contribution is -2.17. The number of rotatable bonds is 8. The number of nitrogens with zero attached hydrogens (tertiary/aromatic N) is 6. The van der Waals surface area contributed by atoms with Crippen molar-refractivity contribution in [3.8, 4) is 11.6 Å². The molecule has 5 rings (SSSR count). The maximum Gasteiger partial charge on any atom is 0.416 e. The number of halogens is 3. The van der Waals surface area contributed by atoms with Crippen molar-refractivity contribution in [2.45, 2.75) is 19.1 Å². The van der Waals surface area contributed by atoms with Crippen LogP contribution in [0, 0.1) is 0 Å². The van der Waals surface area contributed by atoms with Gasteiger partial charge in [-0.05, 0) is 40.6 Å². The number of aromatic nitrogens is 4. The molecule has 0 spiro atoms. The third-order valence-corrected chi connectivity index (χ3v) is 6.76. The number of thiazole rings is 1. The predicted molar refractivity (Wildman–Crippen MR) is 131 cm³/mol. The first-order valence-electron chi connectivity index (χ1n) is 11.1. The van der Waals surface area contributed by atoms with Crippen LogP contribution in [0.5, 0.6) is 11.6 Å². The molecule has 0 saturated heterocycles. The maximum absolute atomic E-state index is 14.0. The molecule has 190 valence electrons. The molecule has 0 unspecified atom stereocenters. The Labute approximate surface area is 212 Å². The normalized spacial score (nSPS) is 13.3. The van der Waals surface area contributed by atoms with Crippen molar-refractivity contribution in [3.63, 3.8) is 0 Å². The van der Waals surface area contributed by atoms with Crippen molar-refractivity contribution in [1.82, 2.24) is 19.7 Å². The molecule has 37 heavy (non-hydrogen) atoms. The summed E-state index contributed by atoms with van der Waals surface area (Å²) >= 11 is 1.16. The Morgan fingerprint density at radius 1 is 1.19 bits per heavy atom. The van der Waals surface area contributed by atoms with Crippen LogP contribution in [0.3, 0.4) is 0 Å². The van der Waals surface area contributed by atoms with E-state index in [0.29, 0.717) is 39.2 Å². The topological polar surface area (TPSA) is 110 Å². The highest BCUT2D eigenvalue weighted by molar-refractivity contribution is 7.16. The fraction of sp³-hybridized carbons (Fsp3) is 0.208. The molecule has 0 atom stereocenters. The predicted octanol–water partition coefficient (Wildman–Crippen LogP) is 2.99. The average molecular weight is 528 g/mol. The van der Waals surface area contributed by atoms with E-state index in [-0.39, 0.29) is 23.6 Å². The van der Waals surface area contributed by atoms with Gasteiger partial charge in [0.25, 0.3) is 0 Å². The Kier molecular flexibility index (Phi) is 6.61. The number of hydrogen-bond donors (Lipinski definition) is 2. The van der Waals surface area contributed by atoms with Crippen LogP contribution in [0.25, 0.3) is 5.57 Å². The summed E-state index contributed by atoms with van der Waals surface area (Å²) in [5, 5.41) is 27.5. The van der Waals surface area contributed by atoms with E-state index in [4.69, 9.17) is 4.74 Å². The second-order valence-electron chi connectivity index (χ2n) is 8.05. The molecule has 2 aromatic heterocycles. The van der Waals surface area contributed by atoms with Crippen LogP contribution in [-0.2, 0) is 19.1 Å². The second kappa shape index (κ2) is 10.0. The van der Waals surface area contributed by atoms with Gasteiger partial charge in [-0.25, -0.2) is 4.98 Å². The smallest absolute Gasteiger partial charge is 0.416 e. The molecule has 0 aliphatic carbocycles. The molecule has 13 heteroatoms. The minimum Gasteiger partial charge on any atom is -0.497 e. The highest BCUT2D eigenvalue weighted by Crippen LogP contribution is 2.39. The van der Waals surface area contributed by atoms with Crippen LogP contribution in [0.15, 0.2) is 59.3 Å². The monoisotopic (exact) mass is 527 g/mol. The van der Waals surface area contributed by atoms with E-state index >= 15 is 0 Å². The van der Waals surface area contributed by atoms with Gasteiger partial charge in [-0.15, -0.1) is 0 Å². The molecule has 2 N–H and O–H groups in total. The molecule has 1 aliphatic rings. The number of ether oxygens (including phenoxy) is 1. The Morgan fingerprint density at radius 2 is 2.05 bits per heavy atom. The van der Waals surface area contributed by atoms with Gasteiger partial charge in [0.1, 0.15) is 18.4 Å². The number of fused-ring (bicyclic) bond motifs is 1. The summed E-state index contributed by atoms with van der Waals surface area (Å²) in [5.41, 5.74) is 0.446. The lowest BCUT2D eigenvalue weighted by Gasteiger charge is -2.15. The molecule has 9 nitrogen and oxygen atoms in total. The van der Waals surface area contributed by atoms with Crippen LogP contribution >= 0.6 is 11.3 Å². The number of aromatic hydroxyl groups is 1. The SMILES string of the molecule is COc1ccc(CC(c2sc(NCCn3cncn3)nc2O)=c2ccc3c(c2)C=NN=3)c(C(F)(F)F)c1. The number of hydrogen-bond acceptors (Lipinski definition) is 9. The van der Waals surface area contributed by atoms with E-state index in [0.717, 1.165) is 23.0 Å². The highest BCUT2D eigenvalue weighted by Gasteiger charge is 2.34. The van der Waals surface area contributed by atoms with E-state index in [1.165, 1.54) is 25.6 Å². The molecule has 3 heterocycles. The standard InChI is InChI=1S/C24H20F3N7O2S/c1-36-17-4-2-15(19(10-17)24(25,26)27)9-18(14-3-5-20-16(8-14)11-30-33-20)21-22(35)32-23(37-21)29-6-7-34-13-28-12-31-34/h2-5,8,10-13,35H,6-7,9H2,1H3,(H,29,32). The fourth-order valence-electron chi connectivity index (χ4n) is 3.90. The van der Waals surface area contributed by atoms with E-state index < -0.39 is 11.7 Å². The highest BCUT2D eigenvalue weighted by atomic mass is 32.1. The van der Waals surface area contributed by atoms with Crippen molar-refractivity contribution in [3.05, 3.63) is 81.2 Å². The first-order chi connectivity index (χ1) is 17.8. The van der Waals surface area contributed by atoms with E-state index in [1.807, 2.05) is 0 Å². The summed E-state index contributed by atoms with van der Waals surface area (Å²) in [7, 11) is 1.32. The van der Waals surface area contributed by atoms with Crippen LogP contribution in [0.1, 0.15) is 21.6 Å². The molecule has 0 radical (unpaired) electrons. The second-order valence-corrected chi connectivity index (χ2v) is 9.05. The first-order valence-corrected chi connectivity index (χ1v) is 11.9. The summed E-state index contributed by atoms with van der Waals surface area (Å²) in [6, 6.07) is 9.14. The van der Waals surface area contributed by atoms with Gasteiger partial charge in [-0.3, -0.25) is 4.68 Å². The molecular weight excluding hydrogens is 507 g/mol. The molecular formula is C24H20F3N7O2S. The third kappa shape index (κ3) is 5.31. The fourth-order valence-corrected chi connectivity index (χ4v) is 4.85. The van der Waals surface area contributed by atoms with E-state index in [1.54, 1.807) is 35.4 Å². The van der Waals surface area contributed by atoms with Crippen molar-refractivity contribution in [2.75, 3.05) is 19.0 Å². The molecule has 0 fully saturated rings. The molecule has 1 aliphatic heterocycles. The van der Waals surface area contributed by atoms with Crippen molar-refractivity contribution in [2.24, 2.45) is 10.2 Å². The van der Waals surface area contributed by atoms with Gasteiger partial charge >= 0.3 is 6.18 Å². The zero-order chi connectivity index (χ0) is 26.0. The van der Waals surface area contributed by atoms with Crippen molar-refractivity contribution >= 4 is 28.3 Å². The van der Waals surface area contributed by atoms with Gasteiger partial charge in [-0.2, -0.15) is 33.5 Å². The minimum atomic E-state index is -4.59. The van der Waals surface area contributed by atoms with Gasteiger partial charge in [0.2, 0.25) is 5.88 Å². The lowest BCUT2D eigenvalue weighted by atomic mass is 9.96. The third-order valence-electron chi connectivity index (χ3n) is 5.70. The van der Waals surface area contributed by atoms with Gasteiger partial charge in [0.05, 0.1) is 35.7 Å². The van der Waals surface area contributed by atoms with Gasteiger partial charge < -0.3 is 15.2 Å². The van der Waals surface area contributed by atoms with Crippen molar-refractivity contribution in [1.29, 1.82) is 0 Å². The number of anilines is 1. The number of nitrogens with one attached hydrogen (secondary N) is 1. The van der Waals surface area contributed by atoms with E-state index in [9.17, 15) is 18.3 Å². The summed E-state index contributed by atoms with van der Waals surface area (Å²) in [6.07, 6.45) is -0.122. The molecule has 0 bridgehead atoms. The lowest BCUT2D eigenvalue weighted by molar-refractivity contribution is -0.138. The Hall–Kier alpha value is -4.26. The van der Waals surface area contributed by atoms with Gasteiger partial charge in [0.15, 0.2) is 5.13 Å². The number of methoxy groups -OCH3 is 1. The Balaban J connectivity index is 1.56. The summed E-state index contributed by atoms with van der Waals surface area (Å²) in [6.45, 7) is 0.972. The van der Waals surface area contributed by atoms with Crippen LogP contribution in [0.2, 0.25) is 0 Å². The zero-order valence-electron chi connectivity index (χ0n) is 19.4. The number of alkyl halides is 3. The Bertz CT molecular complexity index is 1580. The summed E-state index contributed by atoms with van der Waals surface area (Å²) in [5.74, 6) is -0.170. The first kappa shape index (κ1) is 24.4. The van der Waals surface area contributed by atoms with Gasteiger partial charge in [0, 0.05) is 18.5 Å². The minimum absolute atomic E-state index is 0.0376. The molecule has 4 aromatic rings. The molecule has 2 aromatic carbocycles. The zero-order valence-corrected chi connectivity index (χ0v) is 20.2. The molecule has 0 amide bonds.